The Morgan fingerprint density at radius 3 is 2.41 bits per heavy atom. The Balaban J connectivity index is 1.71. The lowest BCUT2D eigenvalue weighted by Gasteiger charge is -2.40. The number of ether oxygens (including phenoxy) is 2. The van der Waals surface area contributed by atoms with Gasteiger partial charge in [-0.1, -0.05) is 23.9 Å². The fraction of sp³-hybridized carbons (Fsp3) is 0.417. The van der Waals surface area contributed by atoms with E-state index >= 15 is 0 Å². The van der Waals surface area contributed by atoms with Crippen molar-refractivity contribution < 1.29 is 29.9 Å². The number of fused-ring (bicyclic) bond motifs is 1. The van der Waals surface area contributed by atoms with Crippen LogP contribution in [-0.4, -0.2) is 62.1 Å². The lowest BCUT2D eigenvalue weighted by atomic mass is 9.98. The van der Waals surface area contributed by atoms with Crippen molar-refractivity contribution in [2.24, 2.45) is 0 Å². The summed E-state index contributed by atoms with van der Waals surface area (Å²) in [4.78, 5) is 1.99. The van der Waals surface area contributed by atoms with E-state index in [4.69, 9.17) is 9.47 Å². The van der Waals surface area contributed by atoms with Crippen LogP contribution in [0.15, 0.2) is 58.5 Å². The molecule has 5 atom stereocenters. The van der Waals surface area contributed by atoms with E-state index in [0.717, 1.165) is 32.0 Å². The van der Waals surface area contributed by atoms with Crippen LogP contribution in [0.25, 0.3) is 10.9 Å². The summed E-state index contributed by atoms with van der Waals surface area (Å²) in [5, 5.41) is 41.6. The second-order valence-corrected chi connectivity index (χ2v) is 9.44. The van der Waals surface area contributed by atoms with E-state index in [-0.39, 0.29) is 6.10 Å². The minimum atomic E-state index is -1.43. The number of aliphatic hydroxyl groups is 4. The highest BCUT2D eigenvalue weighted by Gasteiger charge is 2.44. The number of aromatic nitrogens is 1. The molecule has 32 heavy (non-hydrogen) atoms. The zero-order valence-electron chi connectivity index (χ0n) is 18.3. The fourth-order valence-corrected chi connectivity index (χ4v) is 5.09. The number of aryl methyl sites for hydroxylation is 1. The molecule has 0 amide bonds. The molecule has 8 heteroatoms. The van der Waals surface area contributed by atoms with Crippen molar-refractivity contribution in [1.29, 1.82) is 0 Å². The molecule has 7 nitrogen and oxygen atoms in total. The Bertz CT molecular complexity index is 1060. The molecule has 4 rings (SSSR count). The topological polar surface area (TPSA) is 104 Å². The predicted molar refractivity (Wildman–Crippen MR) is 122 cm³/mol. The molecule has 3 aromatic rings. The monoisotopic (exact) mass is 459 g/mol. The molecule has 0 radical (unpaired) electrons. The smallest absolute Gasteiger partial charge is 0.163 e. The van der Waals surface area contributed by atoms with E-state index in [1.54, 1.807) is 16.3 Å². The maximum atomic E-state index is 10.6. The first kappa shape index (κ1) is 23.1. The molecular weight excluding hydrogens is 430 g/mol. The number of hydrogen-bond donors (Lipinski definition) is 4. The molecule has 0 bridgehead atoms. The van der Waals surface area contributed by atoms with Crippen LogP contribution >= 0.6 is 11.8 Å². The van der Waals surface area contributed by atoms with Gasteiger partial charge in [-0.25, -0.2) is 0 Å². The van der Waals surface area contributed by atoms with Crippen LogP contribution in [0.3, 0.4) is 0 Å². The van der Waals surface area contributed by atoms with Crippen LogP contribution in [0.1, 0.15) is 25.6 Å². The summed E-state index contributed by atoms with van der Waals surface area (Å²) in [6.07, 6.45) is -4.11. The first-order valence-electron chi connectivity index (χ1n) is 10.7. The first-order chi connectivity index (χ1) is 15.3. The van der Waals surface area contributed by atoms with Gasteiger partial charge in [-0.2, -0.15) is 0 Å². The van der Waals surface area contributed by atoms with E-state index in [9.17, 15) is 20.4 Å². The second kappa shape index (κ2) is 9.43. The van der Waals surface area contributed by atoms with Gasteiger partial charge in [-0.15, -0.1) is 0 Å². The van der Waals surface area contributed by atoms with Gasteiger partial charge in [-0.3, -0.25) is 0 Å². The van der Waals surface area contributed by atoms with E-state index in [2.05, 4.69) is 0 Å². The van der Waals surface area contributed by atoms with Crippen LogP contribution in [0.5, 0.6) is 5.75 Å². The molecule has 172 valence electrons. The SMILES string of the molecule is Cc1cccc2c1c(Sc1ccc(OC(C)C)cc1)cn2[C@@H]1O[C@H](CO)[C@@H](O)[C@H](O)[C@H]1O. The highest BCUT2D eigenvalue weighted by molar-refractivity contribution is 7.99. The highest BCUT2D eigenvalue weighted by Crippen LogP contribution is 2.40. The lowest BCUT2D eigenvalue weighted by Crippen LogP contribution is -2.56. The van der Waals surface area contributed by atoms with Gasteiger partial charge < -0.3 is 34.5 Å². The molecule has 1 saturated heterocycles. The van der Waals surface area contributed by atoms with Gasteiger partial charge in [0.1, 0.15) is 30.2 Å². The van der Waals surface area contributed by atoms with Crippen molar-refractivity contribution in [1.82, 2.24) is 4.57 Å². The standard InChI is InChI=1S/C24H29NO6S/c1-13(2)30-15-7-9-16(10-8-15)32-19-11-25(17-6-4-5-14(3)20(17)19)24-23(29)22(28)21(27)18(12-26)31-24/h4-11,13,18,21-24,26-29H,12H2,1-3H3/t18-,21-,22+,23-,24-/m1/s1. The summed E-state index contributed by atoms with van der Waals surface area (Å²) in [5.41, 5.74) is 1.89. The zero-order chi connectivity index (χ0) is 23.0. The van der Waals surface area contributed by atoms with Gasteiger partial charge in [0.25, 0.3) is 0 Å². The van der Waals surface area contributed by atoms with Crippen LogP contribution in [0.2, 0.25) is 0 Å². The summed E-state index contributed by atoms with van der Waals surface area (Å²) in [6, 6.07) is 13.7. The van der Waals surface area contributed by atoms with Crippen LogP contribution in [0, 0.1) is 6.92 Å². The van der Waals surface area contributed by atoms with E-state index in [1.165, 1.54) is 0 Å². The van der Waals surface area contributed by atoms with Crippen molar-refractivity contribution in [3.05, 3.63) is 54.2 Å². The van der Waals surface area contributed by atoms with E-state index in [0.29, 0.717) is 0 Å². The van der Waals surface area contributed by atoms with Crippen LogP contribution in [-0.2, 0) is 4.74 Å². The Labute approximate surface area is 191 Å². The molecule has 4 N–H and O–H groups in total. The molecule has 0 aliphatic carbocycles. The number of nitrogens with zero attached hydrogens (tertiary/aromatic N) is 1. The van der Waals surface area contributed by atoms with Crippen LogP contribution < -0.4 is 4.74 Å². The Morgan fingerprint density at radius 2 is 1.75 bits per heavy atom. The third-order valence-electron chi connectivity index (χ3n) is 5.60. The molecule has 1 aliphatic rings. The average molecular weight is 460 g/mol. The minimum Gasteiger partial charge on any atom is -0.491 e. The summed E-state index contributed by atoms with van der Waals surface area (Å²) in [7, 11) is 0. The second-order valence-electron chi connectivity index (χ2n) is 8.33. The Morgan fingerprint density at radius 1 is 1.03 bits per heavy atom. The molecule has 1 aromatic heterocycles. The number of hydrogen-bond acceptors (Lipinski definition) is 7. The lowest BCUT2D eigenvalue weighted by molar-refractivity contribution is -0.250. The van der Waals surface area contributed by atoms with E-state index < -0.39 is 37.3 Å². The summed E-state index contributed by atoms with van der Waals surface area (Å²) in [5.74, 6) is 0.810. The summed E-state index contributed by atoms with van der Waals surface area (Å²) >= 11 is 1.58. The van der Waals surface area contributed by atoms with Crippen molar-refractivity contribution in [2.75, 3.05) is 6.61 Å². The molecule has 2 aromatic carbocycles. The highest BCUT2D eigenvalue weighted by atomic mass is 32.2. The molecule has 0 unspecified atom stereocenters. The van der Waals surface area contributed by atoms with Gasteiger partial charge in [0.2, 0.25) is 0 Å². The largest absolute Gasteiger partial charge is 0.491 e. The Hall–Kier alpha value is -2.07. The molecule has 0 saturated carbocycles. The van der Waals surface area contributed by atoms with Crippen molar-refractivity contribution in [3.63, 3.8) is 0 Å². The van der Waals surface area contributed by atoms with Gasteiger partial charge in [0, 0.05) is 21.4 Å². The zero-order valence-corrected chi connectivity index (χ0v) is 19.1. The molecule has 1 fully saturated rings. The quantitative estimate of drug-likeness (QED) is 0.449. The predicted octanol–water partition coefficient (Wildman–Crippen LogP) is 2.86. The minimum absolute atomic E-state index is 0.104. The number of rotatable bonds is 6. The maximum absolute atomic E-state index is 10.6. The molecular formula is C24H29NO6S. The van der Waals surface area contributed by atoms with Crippen molar-refractivity contribution in [3.8, 4) is 5.75 Å². The maximum Gasteiger partial charge on any atom is 0.163 e. The first-order valence-corrected chi connectivity index (χ1v) is 11.5. The fourth-order valence-electron chi connectivity index (χ4n) is 4.03. The van der Waals surface area contributed by atoms with Crippen LogP contribution in [0.4, 0.5) is 0 Å². The third kappa shape index (κ3) is 4.39. The number of aliphatic hydroxyl groups excluding tert-OH is 4. The van der Waals surface area contributed by atoms with Gasteiger partial charge >= 0.3 is 0 Å². The van der Waals surface area contributed by atoms with Gasteiger partial charge in [0.15, 0.2) is 6.23 Å². The summed E-state index contributed by atoms with van der Waals surface area (Å²) < 4.78 is 13.3. The normalized spacial score (nSPS) is 26.1. The Kier molecular flexibility index (Phi) is 6.80. The molecule has 2 heterocycles. The van der Waals surface area contributed by atoms with Crippen molar-refractivity contribution in [2.45, 2.75) is 67.3 Å². The third-order valence-corrected chi connectivity index (χ3v) is 6.63. The van der Waals surface area contributed by atoms with Crippen molar-refractivity contribution >= 4 is 22.7 Å². The van der Waals surface area contributed by atoms with Gasteiger partial charge in [0.05, 0.1) is 18.2 Å². The number of benzene rings is 2. The van der Waals surface area contributed by atoms with E-state index in [1.807, 2.05) is 69.4 Å². The molecule has 0 spiro atoms. The van der Waals surface area contributed by atoms with Gasteiger partial charge in [-0.05, 0) is 56.7 Å². The summed E-state index contributed by atoms with van der Waals surface area (Å²) in [6.45, 7) is 5.52. The molecule has 1 aliphatic heterocycles. The average Bonchev–Trinajstić information content (AvgIpc) is 3.13.